The fourth-order valence-corrected chi connectivity index (χ4v) is 4.54. The van der Waals surface area contributed by atoms with Crippen molar-refractivity contribution in [1.82, 2.24) is 0 Å². The Morgan fingerprint density at radius 2 is 1.86 bits per heavy atom. The Kier molecular flexibility index (Phi) is 5.78. The number of halogens is 1. The summed E-state index contributed by atoms with van der Waals surface area (Å²) in [6.07, 6.45) is 5.30. The molecule has 1 aliphatic rings. The van der Waals surface area contributed by atoms with Crippen molar-refractivity contribution in [3.05, 3.63) is 28.7 Å². The second kappa shape index (κ2) is 7.06. The molecule has 4 heteroatoms. The van der Waals surface area contributed by atoms with Gasteiger partial charge in [-0.15, -0.1) is 0 Å². The van der Waals surface area contributed by atoms with E-state index in [9.17, 15) is 0 Å². The van der Waals surface area contributed by atoms with Gasteiger partial charge in [0.05, 0.1) is 12.1 Å². The molecule has 0 saturated heterocycles. The lowest BCUT2D eigenvalue weighted by Crippen LogP contribution is -2.49. The van der Waals surface area contributed by atoms with E-state index < -0.39 is 8.32 Å². The zero-order valence-electron chi connectivity index (χ0n) is 14.6. The van der Waals surface area contributed by atoms with Crippen LogP contribution < -0.4 is 5.32 Å². The van der Waals surface area contributed by atoms with Crippen LogP contribution in [0, 0.1) is 0 Å². The molecule has 1 aromatic carbocycles. The molecule has 1 aromatic rings. The SMILES string of the molecule is CC(C)(C)[Si](C)(C)O[C@H]1CCCC[C@@H]1Nc1cccc(Br)c1. The molecule has 22 heavy (non-hydrogen) atoms. The van der Waals surface area contributed by atoms with Gasteiger partial charge in [0.25, 0.3) is 0 Å². The first-order valence-electron chi connectivity index (χ1n) is 8.39. The van der Waals surface area contributed by atoms with Crippen LogP contribution >= 0.6 is 15.9 Å². The van der Waals surface area contributed by atoms with Crippen molar-refractivity contribution in [2.75, 3.05) is 5.32 Å². The Balaban J connectivity index is 2.08. The lowest BCUT2D eigenvalue weighted by atomic mass is 9.92. The average molecular weight is 384 g/mol. The quantitative estimate of drug-likeness (QED) is 0.625. The molecule has 0 radical (unpaired) electrons. The molecule has 0 heterocycles. The van der Waals surface area contributed by atoms with E-state index in [2.05, 4.69) is 79.4 Å². The van der Waals surface area contributed by atoms with Crippen LogP contribution in [-0.4, -0.2) is 20.5 Å². The van der Waals surface area contributed by atoms with Gasteiger partial charge in [0.2, 0.25) is 0 Å². The Morgan fingerprint density at radius 1 is 1.18 bits per heavy atom. The summed E-state index contributed by atoms with van der Waals surface area (Å²) >= 11 is 3.55. The Hall–Kier alpha value is -0.323. The van der Waals surface area contributed by atoms with Gasteiger partial charge in [-0.2, -0.15) is 0 Å². The molecule has 1 aliphatic carbocycles. The zero-order valence-corrected chi connectivity index (χ0v) is 17.2. The minimum atomic E-state index is -1.71. The first-order valence-corrected chi connectivity index (χ1v) is 12.1. The largest absolute Gasteiger partial charge is 0.412 e. The van der Waals surface area contributed by atoms with Crippen molar-refractivity contribution < 1.29 is 4.43 Å². The predicted molar refractivity (Wildman–Crippen MR) is 102 cm³/mol. The Bertz CT molecular complexity index is 498. The first-order chi connectivity index (χ1) is 10.2. The molecule has 2 rings (SSSR count). The maximum atomic E-state index is 6.72. The van der Waals surface area contributed by atoms with Gasteiger partial charge in [-0.1, -0.05) is 55.6 Å². The Morgan fingerprint density at radius 3 is 2.50 bits per heavy atom. The summed E-state index contributed by atoms with van der Waals surface area (Å²) in [5.41, 5.74) is 1.19. The normalized spacial score (nSPS) is 23.4. The summed E-state index contributed by atoms with van der Waals surface area (Å²) in [7, 11) is -1.71. The van der Waals surface area contributed by atoms with Gasteiger partial charge >= 0.3 is 0 Å². The van der Waals surface area contributed by atoms with Gasteiger partial charge in [-0.3, -0.25) is 0 Å². The highest BCUT2D eigenvalue weighted by Gasteiger charge is 2.41. The fourth-order valence-electron chi connectivity index (χ4n) is 2.75. The van der Waals surface area contributed by atoms with Crippen LogP contribution in [0.3, 0.4) is 0 Å². The summed E-state index contributed by atoms with van der Waals surface area (Å²) in [6.45, 7) is 11.7. The third-order valence-corrected chi connectivity index (χ3v) is 10.1. The van der Waals surface area contributed by atoms with Crippen LogP contribution in [0.25, 0.3) is 0 Å². The third-order valence-electron chi connectivity index (χ3n) is 5.13. The van der Waals surface area contributed by atoms with Gasteiger partial charge in [-0.05, 0) is 49.2 Å². The number of hydrogen-bond donors (Lipinski definition) is 1. The number of benzene rings is 1. The molecule has 2 atom stereocenters. The lowest BCUT2D eigenvalue weighted by molar-refractivity contribution is 0.124. The molecule has 0 aliphatic heterocycles. The number of hydrogen-bond acceptors (Lipinski definition) is 2. The van der Waals surface area contributed by atoms with Crippen molar-refractivity contribution in [2.45, 2.75) is 76.7 Å². The second-order valence-electron chi connectivity index (χ2n) is 7.96. The Labute approximate surface area is 145 Å². The molecule has 0 unspecified atom stereocenters. The average Bonchev–Trinajstić information content (AvgIpc) is 2.39. The number of anilines is 1. The van der Waals surface area contributed by atoms with Crippen LogP contribution in [-0.2, 0) is 4.43 Å². The van der Waals surface area contributed by atoms with Crippen LogP contribution in [0.15, 0.2) is 28.7 Å². The van der Waals surface area contributed by atoms with E-state index in [0.29, 0.717) is 12.1 Å². The van der Waals surface area contributed by atoms with Crippen LogP contribution in [0.1, 0.15) is 46.5 Å². The molecule has 1 saturated carbocycles. The van der Waals surface area contributed by atoms with Crippen molar-refractivity contribution in [3.8, 4) is 0 Å². The minimum absolute atomic E-state index is 0.269. The molecule has 0 amide bonds. The van der Waals surface area contributed by atoms with Gasteiger partial charge < -0.3 is 9.74 Å². The van der Waals surface area contributed by atoms with E-state index in [1.54, 1.807) is 0 Å². The molecule has 1 N–H and O–H groups in total. The van der Waals surface area contributed by atoms with Crippen LogP contribution in [0.4, 0.5) is 5.69 Å². The topological polar surface area (TPSA) is 21.3 Å². The summed E-state index contributed by atoms with van der Waals surface area (Å²) in [5.74, 6) is 0. The fraction of sp³-hybridized carbons (Fsp3) is 0.667. The van der Waals surface area contributed by atoms with Crippen molar-refractivity contribution in [3.63, 3.8) is 0 Å². The van der Waals surface area contributed by atoms with E-state index in [-0.39, 0.29) is 5.04 Å². The summed E-state index contributed by atoms with van der Waals surface area (Å²) in [6, 6.07) is 8.87. The molecule has 0 bridgehead atoms. The van der Waals surface area contributed by atoms with E-state index in [0.717, 1.165) is 4.47 Å². The van der Waals surface area contributed by atoms with E-state index in [1.165, 1.54) is 31.4 Å². The van der Waals surface area contributed by atoms with Crippen LogP contribution in [0.5, 0.6) is 0 Å². The van der Waals surface area contributed by atoms with Gasteiger partial charge in [0, 0.05) is 10.2 Å². The monoisotopic (exact) mass is 383 g/mol. The van der Waals surface area contributed by atoms with Crippen molar-refractivity contribution in [1.29, 1.82) is 0 Å². The highest BCUT2D eigenvalue weighted by Crippen LogP contribution is 2.39. The number of rotatable bonds is 4. The third kappa shape index (κ3) is 4.59. The predicted octanol–water partition coefficient (Wildman–Crippen LogP) is 6.19. The molecule has 0 aromatic heterocycles. The highest BCUT2D eigenvalue weighted by molar-refractivity contribution is 9.10. The summed E-state index contributed by atoms with van der Waals surface area (Å²) < 4.78 is 7.84. The molecular weight excluding hydrogens is 354 g/mol. The molecule has 2 nitrogen and oxygen atoms in total. The maximum absolute atomic E-state index is 6.72. The van der Waals surface area contributed by atoms with Gasteiger partial charge in [0.15, 0.2) is 8.32 Å². The van der Waals surface area contributed by atoms with Crippen molar-refractivity contribution >= 4 is 29.9 Å². The summed E-state index contributed by atoms with van der Waals surface area (Å²) in [4.78, 5) is 0. The standard InChI is InChI=1S/C18H30BrNOSi/c1-18(2,3)22(4,5)21-17-12-7-6-11-16(17)20-15-10-8-9-14(19)13-15/h8-10,13,16-17,20H,6-7,11-12H2,1-5H3/t16-,17-/m0/s1. The number of nitrogens with one attached hydrogen (secondary N) is 1. The maximum Gasteiger partial charge on any atom is 0.192 e. The lowest BCUT2D eigenvalue weighted by Gasteiger charge is -2.43. The van der Waals surface area contributed by atoms with E-state index in [4.69, 9.17) is 4.43 Å². The highest BCUT2D eigenvalue weighted by atomic mass is 79.9. The van der Waals surface area contributed by atoms with E-state index in [1.807, 2.05) is 0 Å². The van der Waals surface area contributed by atoms with Crippen LogP contribution in [0.2, 0.25) is 18.1 Å². The molecule has 124 valence electrons. The molecular formula is C18H30BrNOSi. The smallest absolute Gasteiger partial charge is 0.192 e. The molecule has 1 fully saturated rings. The molecule has 0 spiro atoms. The van der Waals surface area contributed by atoms with Gasteiger partial charge in [-0.25, -0.2) is 0 Å². The van der Waals surface area contributed by atoms with Gasteiger partial charge in [0.1, 0.15) is 0 Å². The first kappa shape index (κ1) is 18.0. The minimum Gasteiger partial charge on any atom is -0.412 e. The van der Waals surface area contributed by atoms with Crippen molar-refractivity contribution in [2.24, 2.45) is 0 Å². The van der Waals surface area contributed by atoms with E-state index >= 15 is 0 Å². The zero-order chi connectivity index (χ0) is 16.4. The second-order valence-corrected chi connectivity index (χ2v) is 13.6. The summed E-state index contributed by atoms with van der Waals surface area (Å²) in [5, 5.41) is 3.98.